The zero-order valence-corrected chi connectivity index (χ0v) is 18.6. The third-order valence-corrected chi connectivity index (χ3v) is 6.11. The summed E-state index contributed by atoms with van der Waals surface area (Å²) in [7, 11) is -0.368. The first-order chi connectivity index (χ1) is 14.7. The average Bonchev–Trinajstić information content (AvgIpc) is 3.17. The van der Waals surface area contributed by atoms with Gasteiger partial charge in [-0.2, -0.15) is 8.42 Å². The van der Waals surface area contributed by atoms with Gasteiger partial charge in [-0.05, 0) is 82.7 Å². The minimum absolute atomic E-state index is 0.202. The van der Waals surface area contributed by atoms with E-state index in [4.69, 9.17) is 14.0 Å². The Morgan fingerprint density at radius 2 is 1.61 bits per heavy atom. The Morgan fingerprint density at radius 3 is 2.26 bits per heavy atom. The lowest BCUT2D eigenvalue weighted by molar-refractivity contribution is 0.229. The second-order valence-electron chi connectivity index (χ2n) is 8.10. The van der Waals surface area contributed by atoms with E-state index in [0.29, 0.717) is 18.0 Å². The molecule has 1 N–H and O–H groups in total. The highest BCUT2D eigenvalue weighted by molar-refractivity contribution is 7.85. The van der Waals surface area contributed by atoms with Crippen molar-refractivity contribution in [3.8, 4) is 11.5 Å². The van der Waals surface area contributed by atoms with Gasteiger partial charge in [-0.1, -0.05) is 6.07 Å². The molecule has 8 heteroatoms. The maximum Gasteiger partial charge on any atom is 0.261 e. The summed E-state index contributed by atoms with van der Waals surface area (Å²) in [6.07, 6.45) is 4.28. The van der Waals surface area contributed by atoms with Crippen molar-refractivity contribution in [1.82, 2.24) is 4.90 Å². The van der Waals surface area contributed by atoms with Crippen LogP contribution in [0, 0.1) is 5.82 Å². The molecule has 6 nitrogen and oxygen atoms in total. The van der Waals surface area contributed by atoms with Gasteiger partial charge >= 0.3 is 0 Å². The molecular weight excluding hydrogens is 421 g/mol. The van der Waals surface area contributed by atoms with Gasteiger partial charge in [-0.3, -0.25) is 9.45 Å². The van der Waals surface area contributed by atoms with Gasteiger partial charge in [0.25, 0.3) is 10.1 Å². The molecule has 2 aliphatic heterocycles. The third kappa shape index (κ3) is 4.33. The molecule has 5 rings (SSSR count). The molecule has 0 saturated carbocycles. The van der Waals surface area contributed by atoms with Crippen LogP contribution in [0.4, 0.5) is 4.39 Å². The van der Waals surface area contributed by atoms with Crippen LogP contribution < -0.4 is 9.47 Å². The molecule has 0 unspecified atom stereocenters. The van der Waals surface area contributed by atoms with Crippen LogP contribution in [-0.2, 0) is 23.1 Å². The summed E-state index contributed by atoms with van der Waals surface area (Å²) in [5.41, 5.74) is 2.74. The van der Waals surface area contributed by atoms with Crippen LogP contribution in [0.3, 0.4) is 0 Å². The molecule has 0 aliphatic carbocycles. The maximum absolute atomic E-state index is 14.1. The van der Waals surface area contributed by atoms with E-state index in [1.54, 1.807) is 26.4 Å². The molecule has 1 saturated heterocycles. The Hall–Kier alpha value is -2.42. The van der Waals surface area contributed by atoms with Crippen molar-refractivity contribution < 1.29 is 26.8 Å². The molecule has 1 atom stereocenters. The van der Waals surface area contributed by atoms with Crippen molar-refractivity contribution >= 4 is 31.7 Å². The van der Waals surface area contributed by atoms with Gasteiger partial charge < -0.3 is 9.47 Å². The zero-order valence-electron chi connectivity index (χ0n) is 17.8. The van der Waals surface area contributed by atoms with Gasteiger partial charge in [0.1, 0.15) is 5.82 Å². The summed E-state index contributed by atoms with van der Waals surface area (Å²) in [5.74, 6) is 1.20. The van der Waals surface area contributed by atoms with E-state index in [9.17, 15) is 12.8 Å². The van der Waals surface area contributed by atoms with Crippen LogP contribution in [0.1, 0.15) is 24.0 Å². The third-order valence-electron chi connectivity index (χ3n) is 6.11. The van der Waals surface area contributed by atoms with Gasteiger partial charge in [0.05, 0.1) is 20.5 Å². The van der Waals surface area contributed by atoms with Crippen molar-refractivity contribution in [2.24, 2.45) is 0 Å². The molecule has 0 spiro atoms. The van der Waals surface area contributed by atoms with E-state index >= 15 is 0 Å². The number of hydrogen-bond donors (Lipinski definition) is 1. The van der Waals surface area contributed by atoms with E-state index in [1.165, 1.54) is 35.9 Å². The molecule has 0 radical (unpaired) electrons. The average molecular weight is 448 g/mol. The topological polar surface area (TPSA) is 76.1 Å². The fourth-order valence-corrected chi connectivity index (χ4v) is 4.87. The summed E-state index contributed by atoms with van der Waals surface area (Å²) in [4.78, 5) is 2.59. The predicted octanol–water partition coefficient (Wildman–Crippen LogP) is 4.17. The molecule has 2 aliphatic rings. The number of nitrogens with zero attached hydrogens (tertiary/aromatic N) is 1. The molecule has 31 heavy (non-hydrogen) atoms. The quantitative estimate of drug-likeness (QED) is 0.469. The Bertz CT molecular complexity index is 1250. The lowest BCUT2D eigenvalue weighted by atomic mass is 9.85. The van der Waals surface area contributed by atoms with Crippen molar-refractivity contribution in [2.75, 3.05) is 27.0 Å². The normalized spacial score (nSPS) is 18.3. The van der Waals surface area contributed by atoms with Gasteiger partial charge in [0.15, 0.2) is 11.5 Å². The number of benzene rings is 3. The van der Waals surface area contributed by atoms with E-state index in [1.807, 2.05) is 12.1 Å². The number of ether oxygens (including phenoxy) is 2. The smallest absolute Gasteiger partial charge is 0.261 e. The molecule has 0 aromatic heterocycles. The van der Waals surface area contributed by atoms with Gasteiger partial charge in [-0.15, -0.1) is 0 Å². The summed E-state index contributed by atoms with van der Waals surface area (Å²) in [6, 6.07) is 9.86. The number of hydrogen-bond acceptors (Lipinski definition) is 5. The fraction of sp³-hybridized carbons (Fsp3) is 0.391. The van der Waals surface area contributed by atoms with Crippen LogP contribution in [0.5, 0.6) is 11.5 Å². The lowest BCUT2D eigenvalue weighted by Crippen LogP contribution is -2.35. The Balaban J connectivity index is 0.000000418. The van der Waals surface area contributed by atoms with Crippen LogP contribution in [0.25, 0.3) is 21.5 Å². The number of fused-ring (bicyclic) bond motifs is 7. The van der Waals surface area contributed by atoms with Gasteiger partial charge in [0.2, 0.25) is 0 Å². The molecule has 3 aromatic rings. The molecule has 0 bridgehead atoms. The maximum atomic E-state index is 14.1. The van der Waals surface area contributed by atoms with Crippen molar-refractivity contribution in [1.29, 1.82) is 0 Å². The van der Waals surface area contributed by atoms with Crippen molar-refractivity contribution in [2.45, 2.75) is 31.8 Å². The van der Waals surface area contributed by atoms with Crippen molar-refractivity contribution in [3.05, 3.63) is 47.3 Å². The van der Waals surface area contributed by atoms with Crippen molar-refractivity contribution in [3.63, 3.8) is 0 Å². The second kappa shape index (κ2) is 8.26. The number of rotatable bonds is 2. The summed E-state index contributed by atoms with van der Waals surface area (Å²) in [5, 5.41) is 4.33. The standard InChI is InChI=1S/C22H22FNO2.CH4O3S/c1-25-21-10-18-16-8-13(23)5-6-15(16)17-9-14-4-3-7-24(14)12-20(17)19(18)11-22(21)26-2;1-5(2,3)4/h5-6,8,10-11,14H,3-4,7,9,12H2,1-2H3;1H3,(H,2,3,4)/t14-;/m0./s1. The Kier molecular flexibility index (Phi) is 5.81. The summed E-state index contributed by atoms with van der Waals surface area (Å²) in [6.45, 7) is 2.12. The second-order valence-corrected chi connectivity index (χ2v) is 9.57. The van der Waals surface area contributed by atoms with Crippen LogP contribution in [0.15, 0.2) is 30.3 Å². The first-order valence-electron chi connectivity index (χ1n) is 10.1. The van der Waals surface area contributed by atoms with Crippen LogP contribution in [-0.4, -0.2) is 50.9 Å². The molecule has 166 valence electrons. The van der Waals surface area contributed by atoms with E-state index < -0.39 is 10.1 Å². The first-order valence-corrected chi connectivity index (χ1v) is 12.0. The highest BCUT2D eigenvalue weighted by atomic mass is 32.2. The largest absolute Gasteiger partial charge is 0.493 e. The van der Waals surface area contributed by atoms with Gasteiger partial charge in [0, 0.05) is 12.6 Å². The number of halogens is 1. The molecule has 3 aromatic carbocycles. The molecule has 0 amide bonds. The molecule has 1 fully saturated rings. The highest BCUT2D eigenvalue weighted by Crippen LogP contribution is 2.43. The Morgan fingerprint density at radius 1 is 1.00 bits per heavy atom. The zero-order chi connectivity index (χ0) is 22.3. The lowest BCUT2D eigenvalue weighted by Gasteiger charge is -2.33. The summed E-state index contributed by atoms with van der Waals surface area (Å²) >= 11 is 0. The van der Waals surface area contributed by atoms with Crippen LogP contribution >= 0.6 is 0 Å². The fourth-order valence-electron chi connectivity index (χ4n) is 4.87. The molecular formula is C23H26FNO5S. The van der Waals surface area contributed by atoms with E-state index in [0.717, 1.165) is 34.9 Å². The number of methoxy groups -OCH3 is 2. The minimum atomic E-state index is -3.67. The van der Waals surface area contributed by atoms with E-state index in [2.05, 4.69) is 11.0 Å². The monoisotopic (exact) mass is 447 g/mol. The predicted molar refractivity (Wildman–Crippen MR) is 119 cm³/mol. The Labute approximate surface area is 181 Å². The summed E-state index contributed by atoms with van der Waals surface area (Å²) < 4.78 is 51.0. The SMILES string of the molecule is COc1cc2c3c(c4ccc(F)cc4c2cc1OC)C[C@@H]1CCCN1C3.CS(=O)(=O)O. The molecule has 2 heterocycles. The van der Waals surface area contributed by atoms with E-state index in [-0.39, 0.29) is 5.82 Å². The first kappa shape index (κ1) is 21.8. The minimum Gasteiger partial charge on any atom is -0.493 e. The van der Waals surface area contributed by atoms with Gasteiger partial charge in [-0.25, -0.2) is 4.39 Å². The van der Waals surface area contributed by atoms with Crippen LogP contribution in [0.2, 0.25) is 0 Å². The highest BCUT2D eigenvalue weighted by Gasteiger charge is 2.32.